The van der Waals surface area contributed by atoms with Crippen LogP contribution in [0.15, 0.2) is 12.1 Å². The topological polar surface area (TPSA) is 41.5 Å². The van der Waals surface area contributed by atoms with Crippen molar-refractivity contribution in [1.29, 1.82) is 0 Å². The van der Waals surface area contributed by atoms with E-state index in [0.717, 1.165) is 24.3 Å². The molecule has 2 rings (SSSR count). The van der Waals surface area contributed by atoms with Crippen LogP contribution in [0.3, 0.4) is 0 Å². The van der Waals surface area contributed by atoms with Crippen molar-refractivity contribution in [1.82, 2.24) is 5.32 Å². The van der Waals surface area contributed by atoms with Gasteiger partial charge in [0.1, 0.15) is 5.75 Å². The lowest BCUT2D eigenvalue weighted by Gasteiger charge is -2.23. The van der Waals surface area contributed by atoms with Gasteiger partial charge in [-0.3, -0.25) is 0 Å². The van der Waals surface area contributed by atoms with Gasteiger partial charge < -0.3 is 15.2 Å². The van der Waals surface area contributed by atoms with Gasteiger partial charge >= 0.3 is 0 Å². The number of methoxy groups -OCH3 is 1. The van der Waals surface area contributed by atoms with Crippen molar-refractivity contribution < 1.29 is 9.84 Å². The normalized spacial score (nSPS) is 24.0. The molecule has 94 valence electrons. The zero-order chi connectivity index (χ0) is 12.5. The molecule has 1 aliphatic rings. The van der Waals surface area contributed by atoms with Crippen LogP contribution >= 0.6 is 0 Å². The highest BCUT2D eigenvalue weighted by atomic mass is 16.5. The maximum Gasteiger partial charge on any atom is 0.122 e. The lowest BCUT2D eigenvalue weighted by molar-refractivity contribution is 0.0612. The van der Waals surface area contributed by atoms with Crippen LogP contribution in [0.4, 0.5) is 0 Å². The first-order valence-corrected chi connectivity index (χ1v) is 6.11. The minimum absolute atomic E-state index is 0.616. The first-order chi connectivity index (χ1) is 8.04. The van der Waals surface area contributed by atoms with E-state index in [1.807, 2.05) is 0 Å². The average Bonchev–Trinajstić information content (AvgIpc) is 2.70. The maximum absolute atomic E-state index is 10.4. The van der Waals surface area contributed by atoms with Crippen molar-refractivity contribution in [3.63, 3.8) is 0 Å². The van der Waals surface area contributed by atoms with Crippen LogP contribution in [0.5, 0.6) is 5.75 Å². The van der Waals surface area contributed by atoms with E-state index in [1.54, 1.807) is 7.11 Å². The predicted molar refractivity (Wildman–Crippen MR) is 68.6 cm³/mol. The molecule has 1 atom stereocenters. The zero-order valence-corrected chi connectivity index (χ0v) is 10.8. The molecule has 0 aromatic heterocycles. The van der Waals surface area contributed by atoms with Gasteiger partial charge in [0.25, 0.3) is 0 Å². The molecule has 0 saturated carbocycles. The Morgan fingerprint density at radius 1 is 1.35 bits per heavy atom. The highest BCUT2D eigenvalue weighted by Gasteiger charge is 2.32. The van der Waals surface area contributed by atoms with Gasteiger partial charge in [-0.2, -0.15) is 0 Å². The number of benzene rings is 1. The van der Waals surface area contributed by atoms with Crippen LogP contribution in [0.25, 0.3) is 0 Å². The molecule has 17 heavy (non-hydrogen) atoms. The smallest absolute Gasteiger partial charge is 0.122 e. The van der Waals surface area contributed by atoms with Gasteiger partial charge in [0.2, 0.25) is 0 Å². The van der Waals surface area contributed by atoms with E-state index in [-0.39, 0.29) is 0 Å². The first-order valence-electron chi connectivity index (χ1n) is 6.11. The largest absolute Gasteiger partial charge is 0.496 e. The van der Waals surface area contributed by atoms with Crippen molar-refractivity contribution in [2.24, 2.45) is 0 Å². The predicted octanol–water partition coefficient (Wildman–Crippen LogP) is 1.58. The molecule has 1 fully saturated rings. The second kappa shape index (κ2) is 4.67. The number of aryl methyl sites for hydroxylation is 2. The van der Waals surface area contributed by atoms with Gasteiger partial charge in [0.15, 0.2) is 0 Å². The summed E-state index contributed by atoms with van der Waals surface area (Å²) in [4.78, 5) is 0. The average molecular weight is 235 g/mol. The quantitative estimate of drug-likeness (QED) is 0.836. The molecule has 0 spiro atoms. The fraction of sp³-hybridized carbons (Fsp3) is 0.571. The number of hydrogen-bond acceptors (Lipinski definition) is 3. The van der Waals surface area contributed by atoms with Gasteiger partial charge in [0, 0.05) is 13.0 Å². The fourth-order valence-electron chi connectivity index (χ4n) is 2.41. The summed E-state index contributed by atoms with van der Waals surface area (Å²) < 4.78 is 5.40. The van der Waals surface area contributed by atoms with Crippen LogP contribution < -0.4 is 10.1 Å². The zero-order valence-electron chi connectivity index (χ0n) is 10.8. The van der Waals surface area contributed by atoms with Crippen LogP contribution in [0.1, 0.15) is 23.1 Å². The molecule has 1 aliphatic heterocycles. The summed E-state index contributed by atoms with van der Waals surface area (Å²) >= 11 is 0. The second-order valence-corrected chi connectivity index (χ2v) is 5.08. The Hall–Kier alpha value is -1.06. The molecule has 3 heteroatoms. The van der Waals surface area contributed by atoms with Gasteiger partial charge in [-0.25, -0.2) is 0 Å². The molecule has 0 bridgehead atoms. The van der Waals surface area contributed by atoms with Crippen molar-refractivity contribution in [3.8, 4) is 5.75 Å². The van der Waals surface area contributed by atoms with Gasteiger partial charge in [-0.1, -0.05) is 6.07 Å². The number of nitrogens with one attached hydrogen (secondary N) is 1. The third-order valence-electron chi connectivity index (χ3n) is 3.64. The van der Waals surface area contributed by atoms with Gasteiger partial charge in [-0.05, 0) is 49.6 Å². The van der Waals surface area contributed by atoms with Gasteiger partial charge in [-0.15, -0.1) is 0 Å². The first kappa shape index (κ1) is 12.4. The van der Waals surface area contributed by atoms with Crippen molar-refractivity contribution in [3.05, 3.63) is 28.8 Å². The summed E-state index contributed by atoms with van der Waals surface area (Å²) in [5, 5.41) is 13.6. The molecule has 0 aliphatic carbocycles. The molecule has 1 aromatic carbocycles. The molecular weight excluding hydrogens is 214 g/mol. The van der Waals surface area contributed by atoms with Crippen molar-refractivity contribution >= 4 is 0 Å². The molecule has 1 saturated heterocycles. The third kappa shape index (κ3) is 2.61. The molecule has 1 heterocycles. The Morgan fingerprint density at radius 2 is 2.06 bits per heavy atom. The monoisotopic (exact) mass is 235 g/mol. The van der Waals surface area contributed by atoms with Crippen molar-refractivity contribution in [2.75, 3.05) is 20.2 Å². The Labute approximate surface area is 103 Å². The number of β-amino-alcohol motifs (C(OH)–C–C–N with tert-alkyl or cyclic N) is 1. The highest BCUT2D eigenvalue weighted by molar-refractivity contribution is 5.42. The van der Waals surface area contributed by atoms with E-state index in [0.29, 0.717) is 13.0 Å². The van der Waals surface area contributed by atoms with Crippen LogP contribution in [-0.4, -0.2) is 30.9 Å². The SMILES string of the molecule is COc1cc(C)c(C)cc1CC1(O)CCNC1. The number of aliphatic hydroxyl groups is 1. The van der Waals surface area contributed by atoms with Crippen molar-refractivity contribution in [2.45, 2.75) is 32.3 Å². The summed E-state index contributed by atoms with van der Waals surface area (Å²) in [6, 6.07) is 4.18. The van der Waals surface area contributed by atoms with E-state index >= 15 is 0 Å². The number of ether oxygens (including phenoxy) is 1. The van der Waals surface area contributed by atoms with E-state index in [2.05, 4.69) is 31.3 Å². The number of rotatable bonds is 3. The lowest BCUT2D eigenvalue weighted by Crippen LogP contribution is -2.33. The summed E-state index contributed by atoms with van der Waals surface area (Å²) in [6.45, 7) is 5.73. The summed E-state index contributed by atoms with van der Waals surface area (Å²) in [5.74, 6) is 0.883. The third-order valence-corrected chi connectivity index (χ3v) is 3.64. The standard InChI is InChI=1S/C14H21NO2/c1-10-6-12(13(17-3)7-11(10)2)8-14(16)4-5-15-9-14/h6-7,15-16H,4-5,8-9H2,1-3H3. The van der Waals surface area contributed by atoms with Gasteiger partial charge in [0.05, 0.1) is 12.7 Å². The summed E-state index contributed by atoms with van der Waals surface area (Å²) in [6.07, 6.45) is 1.47. The minimum atomic E-state index is -0.616. The van der Waals surface area contributed by atoms with Crippen LogP contribution in [-0.2, 0) is 6.42 Å². The Balaban J connectivity index is 2.28. The number of hydrogen-bond donors (Lipinski definition) is 2. The Kier molecular flexibility index (Phi) is 3.40. The molecule has 1 unspecified atom stereocenters. The second-order valence-electron chi connectivity index (χ2n) is 5.08. The van der Waals surface area contributed by atoms with E-state index in [1.165, 1.54) is 11.1 Å². The minimum Gasteiger partial charge on any atom is -0.496 e. The molecular formula is C14H21NO2. The summed E-state index contributed by atoms with van der Waals surface area (Å²) in [7, 11) is 1.69. The molecule has 0 amide bonds. The molecule has 3 nitrogen and oxygen atoms in total. The molecule has 1 aromatic rings. The Morgan fingerprint density at radius 3 is 2.65 bits per heavy atom. The van der Waals surface area contributed by atoms with Crippen LogP contribution in [0.2, 0.25) is 0 Å². The van der Waals surface area contributed by atoms with E-state index in [4.69, 9.17) is 4.74 Å². The lowest BCUT2D eigenvalue weighted by atomic mass is 9.91. The highest BCUT2D eigenvalue weighted by Crippen LogP contribution is 2.29. The van der Waals surface area contributed by atoms with E-state index < -0.39 is 5.60 Å². The maximum atomic E-state index is 10.4. The summed E-state index contributed by atoms with van der Waals surface area (Å²) in [5.41, 5.74) is 2.95. The molecule has 0 radical (unpaired) electrons. The van der Waals surface area contributed by atoms with E-state index in [9.17, 15) is 5.11 Å². The fourth-order valence-corrected chi connectivity index (χ4v) is 2.41. The molecule has 2 N–H and O–H groups in total. The Bertz CT molecular complexity index is 409. The van der Waals surface area contributed by atoms with Crippen LogP contribution in [0, 0.1) is 13.8 Å².